The number of benzene rings is 1. The molecule has 5 heteroatoms. The Morgan fingerprint density at radius 2 is 2.00 bits per heavy atom. The second-order valence-corrected chi connectivity index (χ2v) is 4.72. The lowest BCUT2D eigenvalue weighted by Gasteiger charge is -2.06. The zero-order chi connectivity index (χ0) is 13.7. The van der Waals surface area contributed by atoms with Gasteiger partial charge in [0.25, 0.3) is 0 Å². The van der Waals surface area contributed by atoms with E-state index in [1.54, 1.807) is 6.07 Å². The quantitative estimate of drug-likeness (QED) is 0.660. The van der Waals surface area contributed by atoms with E-state index in [1.165, 1.54) is 6.20 Å². The van der Waals surface area contributed by atoms with E-state index in [4.69, 9.17) is 23.2 Å². The molecule has 19 heavy (non-hydrogen) atoms. The zero-order valence-electron chi connectivity index (χ0n) is 10.4. The monoisotopic (exact) mass is 293 g/mol. The van der Waals surface area contributed by atoms with E-state index in [9.17, 15) is 0 Å². The number of hydrogen-bond donors (Lipinski definition) is 1. The largest absolute Gasteiger partial charge is 0.260 e. The fourth-order valence-corrected chi connectivity index (χ4v) is 2.02. The molecule has 3 nitrogen and oxygen atoms in total. The Labute approximate surface area is 122 Å². The van der Waals surface area contributed by atoms with Crippen molar-refractivity contribution in [3.05, 3.63) is 58.2 Å². The highest BCUT2D eigenvalue weighted by molar-refractivity contribution is 6.35. The summed E-state index contributed by atoms with van der Waals surface area (Å²) in [7, 11) is 0. The van der Waals surface area contributed by atoms with Crippen molar-refractivity contribution in [3.63, 3.8) is 0 Å². The normalized spacial score (nSPS) is 11.4. The summed E-state index contributed by atoms with van der Waals surface area (Å²) >= 11 is 11.8. The van der Waals surface area contributed by atoms with Gasteiger partial charge in [-0.15, -0.1) is 0 Å². The van der Waals surface area contributed by atoms with Gasteiger partial charge in [0.15, 0.2) is 5.82 Å². The molecule has 0 bridgehead atoms. The minimum atomic E-state index is 0.444. The average Bonchev–Trinajstić information content (AvgIpc) is 2.43. The minimum Gasteiger partial charge on any atom is -0.260 e. The second kappa shape index (κ2) is 6.55. The Morgan fingerprint density at radius 1 is 1.26 bits per heavy atom. The first-order valence-electron chi connectivity index (χ1n) is 5.89. The smallest absolute Gasteiger partial charge is 0.165 e. The van der Waals surface area contributed by atoms with Gasteiger partial charge in [-0.3, -0.25) is 5.43 Å². The van der Waals surface area contributed by atoms with E-state index in [-0.39, 0.29) is 0 Å². The molecule has 0 aliphatic heterocycles. The lowest BCUT2D eigenvalue weighted by Crippen LogP contribution is -2.04. The molecule has 0 amide bonds. The number of halogens is 2. The molecule has 0 aliphatic rings. The third-order valence-corrected chi connectivity index (χ3v) is 3.04. The van der Waals surface area contributed by atoms with E-state index >= 15 is 0 Å². The van der Waals surface area contributed by atoms with Gasteiger partial charge in [-0.1, -0.05) is 60.5 Å². The van der Waals surface area contributed by atoms with Crippen LogP contribution in [-0.4, -0.2) is 10.7 Å². The predicted molar refractivity (Wildman–Crippen MR) is 81.1 cm³/mol. The molecule has 0 atom stereocenters. The van der Waals surface area contributed by atoms with Crippen LogP contribution in [0.1, 0.15) is 18.9 Å². The Hall–Kier alpha value is -1.58. The second-order valence-electron chi connectivity index (χ2n) is 3.87. The summed E-state index contributed by atoms with van der Waals surface area (Å²) in [6, 6.07) is 11.6. The third-order valence-electron chi connectivity index (χ3n) is 2.55. The molecule has 1 aromatic carbocycles. The van der Waals surface area contributed by atoms with Gasteiger partial charge in [0, 0.05) is 6.20 Å². The fourth-order valence-electron chi connectivity index (χ4n) is 1.60. The van der Waals surface area contributed by atoms with Gasteiger partial charge in [-0.05, 0) is 18.1 Å². The van der Waals surface area contributed by atoms with E-state index < -0.39 is 0 Å². The van der Waals surface area contributed by atoms with Crippen LogP contribution in [0.4, 0.5) is 5.82 Å². The van der Waals surface area contributed by atoms with Crippen LogP contribution in [-0.2, 0) is 0 Å². The molecule has 0 unspecified atom stereocenters. The summed E-state index contributed by atoms with van der Waals surface area (Å²) in [4.78, 5) is 4.10. The minimum absolute atomic E-state index is 0.444. The Morgan fingerprint density at radius 3 is 2.63 bits per heavy atom. The van der Waals surface area contributed by atoms with E-state index in [0.717, 1.165) is 17.7 Å². The van der Waals surface area contributed by atoms with E-state index in [0.29, 0.717) is 15.9 Å². The maximum Gasteiger partial charge on any atom is 0.165 e. The molecule has 0 saturated carbocycles. The topological polar surface area (TPSA) is 37.3 Å². The first kappa shape index (κ1) is 13.8. The van der Waals surface area contributed by atoms with E-state index in [2.05, 4.69) is 15.5 Å². The molecule has 0 radical (unpaired) electrons. The van der Waals surface area contributed by atoms with Crippen molar-refractivity contribution in [2.75, 3.05) is 5.43 Å². The first-order chi connectivity index (χ1) is 9.20. The lowest BCUT2D eigenvalue weighted by molar-refractivity contribution is 1.18. The highest BCUT2D eigenvalue weighted by Crippen LogP contribution is 2.22. The van der Waals surface area contributed by atoms with Crippen molar-refractivity contribution in [1.82, 2.24) is 4.98 Å². The van der Waals surface area contributed by atoms with Gasteiger partial charge in [0.2, 0.25) is 0 Å². The molecule has 98 valence electrons. The standard InChI is InChI=1S/C14H13Cl2N3/c1-2-13(10-6-4-3-5-7-10)18-19-14-12(16)8-11(15)9-17-14/h3-9H,2H2,1H3,(H,17,19)/b18-13+. The Balaban J connectivity index is 2.20. The SMILES string of the molecule is CC/C(=N\Nc1ncc(Cl)cc1Cl)c1ccccc1. The summed E-state index contributed by atoms with van der Waals surface area (Å²) in [6.45, 7) is 2.05. The number of pyridine rings is 1. The number of rotatable bonds is 4. The van der Waals surface area contributed by atoms with Crippen LogP contribution in [0.5, 0.6) is 0 Å². The summed E-state index contributed by atoms with van der Waals surface area (Å²) in [5, 5.41) is 5.29. The Bertz CT molecular complexity index is 582. The molecule has 1 N–H and O–H groups in total. The third kappa shape index (κ3) is 3.69. The van der Waals surface area contributed by atoms with Crippen LogP contribution in [0.15, 0.2) is 47.7 Å². The maximum absolute atomic E-state index is 6.02. The number of hydrogen-bond acceptors (Lipinski definition) is 3. The van der Waals surface area contributed by atoms with Gasteiger partial charge in [-0.2, -0.15) is 5.10 Å². The van der Waals surface area contributed by atoms with Crippen molar-refractivity contribution < 1.29 is 0 Å². The average molecular weight is 294 g/mol. The van der Waals surface area contributed by atoms with Crippen LogP contribution in [0.2, 0.25) is 10.0 Å². The van der Waals surface area contributed by atoms with E-state index in [1.807, 2.05) is 37.3 Å². The summed E-state index contributed by atoms with van der Waals surface area (Å²) in [5.74, 6) is 0.493. The van der Waals surface area contributed by atoms with Crippen LogP contribution in [0.3, 0.4) is 0 Å². The van der Waals surface area contributed by atoms with Gasteiger partial charge in [-0.25, -0.2) is 4.98 Å². The number of nitrogens with one attached hydrogen (secondary N) is 1. The van der Waals surface area contributed by atoms with Gasteiger partial charge >= 0.3 is 0 Å². The fraction of sp³-hybridized carbons (Fsp3) is 0.143. The number of hydrazone groups is 1. The van der Waals surface area contributed by atoms with Gasteiger partial charge in [0.05, 0.1) is 15.8 Å². The Kier molecular flexibility index (Phi) is 4.77. The van der Waals surface area contributed by atoms with Crippen molar-refractivity contribution >= 4 is 34.7 Å². The highest BCUT2D eigenvalue weighted by atomic mass is 35.5. The van der Waals surface area contributed by atoms with Crippen molar-refractivity contribution in [2.24, 2.45) is 5.10 Å². The highest BCUT2D eigenvalue weighted by Gasteiger charge is 2.03. The number of nitrogens with zero attached hydrogens (tertiary/aromatic N) is 2. The number of aromatic nitrogens is 1. The zero-order valence-corrected chi connectivity index (χ0v) is 11.9. The molecule has 2 aromatic rings. The summed E-state index contributed by atoms with van der Waals surface area (Å²) in [5.41, 5.74) is 4.89. The molecule has 1 aromatic heterocycles. The maximum atomic E-state index is 6.02. The van der Waals surface area contributed by atoms with Crippen LogP contribution in [0, 0.1) is 0 Å². The molecule has 1 heterocycles. The van der Waals surface area contributed by atoms with Crippen molar-refractivity contribution in [2.45, 2.75) is 13.3 Å². The molecular formula is C14H13Cl2N3. The van der Waals surface area contributed by atoms with Crippen LogP contribution in [0.25, 0.3) is 0 Å². The van der Waals surface area contributed by atoms with Crippen molar-refractivity contribution in [3.8, 4) is 0 Å². The molecule has 0 saturated heterocycles. The number of anilines is 1. The first-order valence-corrected chi connectivity index (χ1v) is 6.65. The van der Waals surface area contributed by atoms with Gasteiger partial charge in [0.1, 0.15) is 0 Å². The molecule has 0 spiro atoms. The van der Waals surface area contributed by atoms with Crippen LogP contribution < -0.4 is 5.43 Å². The molecular weight excluding hydrogens is 281 g/mol. The lowest BCUT2D eigenvalue weighted by atomic mass is 10.1. The predicted octanol–water partition coefficient (Wildman–Crippen LogP) is 4.61. The molecule has 2 rings (SSSR count). The summed E-state index contributed by atoms with van der Waals surface area (Å²) < 4.78 is 0. The van der Waals surface area contributed by atoms with Crippen LogP contribution >= 0.6 is 23.2 Å². The van der Waals surface area contributed by atoms with Gasteiger partial charge < -0.3 is 0 Å². The molecule has 0 fully saturated rings. The molecule has 0 aliphatic carbocycles. The van der Waals surface area contributed by atoms with Crippen molar-refractivity contribution in [1.29, 1.82) is 0 Å². The summed E-state index contributed by atoms with van der Waals surface area (Å²) in [6.07, 6.45) is 2.33.